The maximum absolute atomic E-state index is 3.69. The van der Waals surface area contributed by atoms with Gasteiger partial charge in [0.15, 0.2) is 0 Å². The molecule has 0 radical (unpaired) electrons. The lowest BCUT2D eigenvalue weighted by molar-refractivity contribution is 0.769. The summed E-state index contributed by atoms with van der Waals surface area (Å²) < 4.78 is 0. The Morgan fingerprint density at radius 3 is 0.957 bits per heavy atom. The molecule has 93 heavy (non-hydrogen) atoms. The summed E-state index contributed by atoms with van der Waals surface area (Å²) in [6, 6.07) is 135. The van der Waals surface area contributed by atoms with Crippen LogP contribution in [0.15, 0.2) is 376 Å². The molecule has 3 aliphatic carbocycles. The first kappa shape index (κ1) is 56.2. The Morgan fingerprint density at radius 1 is 0.183 bits per heavy atom. The van der Waals surface area contributed by atoms with Gasteiger partial charge in [-0.15, -0.1) is 0 Å². The van der Waals surface area contributed by atoms with Gasteiger partial charge in [0.1, 0.15) is 0 Å². The Bertz CT molecular complexity index is 5030. The third-order valence-electron chi connectivity index (χ3n) is 18.9. The van der Waals surface area contributed by atoms with Gasteiger partial charge in [0.25, 0.3) is 0 Å². The molecule has 3 heteroatoms. The minimum absolute atomic E-state index is 0.312. The van der Waals surface area contributed by atoms with E-state index in [1.165, 1.54) is 111 Å². The van der Waals surface area contributed by atoms with E-state index in [0.717, 1.165) is 34.1 Å². The molecular weight excluding hydrogens is 1120 g/mol. The summed E-state index contributed by atoms with van der Waals surface area (Å²) in [6.45, 7) is 0. The first-order chi connectivity index (χ1) is 46.1. The number of para-hydroxylation sites is 1. The molecule has 1 spiro atoms. The summed E-state index contributed by atoms with van der Waals surface area (Å²) in [5.74, 6) is 0. The normalized spacial score (nSPS) is 12.7. The van der Waals surface area contributed by atoms with Crippen molar-refractivity contribution in [3.63, 3.8) is 0 Å². The standard InChI is InChI=1S/C37H25N.C31H23N.C22H17N/c1-2-10-25(11-3-1)26-18-20-27(21-19-26)38-28-22-23-32-31-14-6-9-17-35(31)37(36(32)24-28)33-15-7-4-12-29(33)30-13-5-8-16-34(30)37;1-4-12-23(13-5-1)31(24-14-6-2-7-15-24)29-19-11-10-18-27(29)28-21-20-26(22-30(28)31)32-25-16-8-3-9-17-25;1-2-7-17(8-3-1)18-13-15-20(16-14-18)23-22-12-6-10-19-9-4-5-11-21(19)22/h1-24,38H;1-22,32H;1-16,23H. The number of fused-ring (bicyclic) bond motifs is 14. The van der Waals surface area contributed by atoms with E-state index in [1.54, 1.807) is 0 Å². The minimum atomic E-state index is -0.358. The third-order valence-corrected chi connectivity index (χ3v) is 18.9. The highest BCUT2D eigenvalue weighted by molar-refractivity contribution is 5.97. The van der Waals surface area contributed by atoms with Crippen LogP contribution in [0.3, 0.4) is 0 Å². The van der Waals surface area contributed by atoms with Crippen LogP contribution in [-0.4, -0.2) is 0 Å². The van der Waals surface area contributed by atoms with Gasteiger partial charge in [0.05, 0.1) is 10.8 Å². The van der Waals surface area contributed by atoms with Gasteiger partial charge >= 0.3 is 0 Å². The summed E-state index contributed by atoms with van der Waals surface area (Å²) in [6.07, 6.45) is 0. The van der Waals surface area contributed by atoms with Crippen LogP contribution in [0.5, 0.6) is 0 Å². The van der Waals surface area contributed by atoms with Gasteiger partial charge in [0, 0.05) is 39.5 Å². The molecule has 0 saturated heterocycles. The first-order valence-corrected chi connectivity index (χ1v) is 32.1. The van der Waals surface area contributed by atoms with Crippen molar-refractivity contribution in [1.82, 2.24) is 0 Å². The van der Waals surface area contributed by atoms with Crippen LogP contribution in [0.25, 0.3) is 66.4 Å². The highest BCUT2D eigenvalue weighted by atomic mass is 14.9. The van der Waals surface area contributed by atoms with Crippen LogP contribution < -0.4 is 16.0 Å². The van der Waals surface area contributed by atoms with Gasteiger partial charge in [-0.2, -0.15) is 0 Å². The second kappa shape index (κ2) is 24.4. The smallest absolute Gasteiger partial charge is 0.0726 e. The molecule has 18 rings (SSSR count). The van der Waals surface area contributed by atoms with E-state index in [4.69, 9.17) is 0 Å². The Hall–Kier alpha value is -12.0. The zero-order valence-corrected chi connectivity index (χ0v) is 51.3. The van der Waals surface area contributed by atoms with Crippen LogP contribution in [0.1, 0.15) is 44.5 Å². The molecule has 0 aromatic heterocycles. The lowest BCUT2D eigenvalue weighted by Gasteiger charge is -2.34. The fourth-order valence-electron chi connectivity index (χ4n) is 14.8. The molecule has 0 atom stereocenters. The Labute approximate surface area is 544 Å². The fraction of sp³-hybridized carbons (Fsp3) is 0.0222. The predicted molar refractivity (Wildman–Crippen MR) is 390 cm³/mol. The van der Waals surface area contributed by atoms with Crippen LogP contribution >= 0.6 is 0 Å². The number of hydrogen-bond donors (Lipinski definition) is 3. The van der Waals surface area contributed by atoms with E-state index in [1.807, 2.05) is 12.1 Å². The molecule has 3 aliphatic rings. The highest BCUT2D eigenvalue weighted by Gasteiger charge is 2.52. The largest absolute Gasteiger partial charge is 0.356 e. The second-order valence-electron chi connectivity index (χ2n) is 24.1. The zero-order chi connectivity index (χ0) is 62.0. The second-order valence-corrected chi connectivity index (χ2v) is 24.1. The monoisotopic (exact) mass is 1190 g/mol. The molecule has 15 aromatic rings. The average molecular weight is 1190 g/mol. The van der Waals surface area contributed by atoms with Crippen molar-refractivity contribution in [3.8, 4) is 55.6 Å². The van der Waals surface area contributed by atoms with Crippen LogP contribution in [0.2, 0.25) is 0 Å². The molecular formula is C90H65N3. The number of anilines is 6. The van der Waals surface area contributed by atoms with Gasteiger partial charge in [-0.1, -0.05) is 309 Å². The molecule has 15 aromatic carbocycles. The summed E-state index contributed by atoms with van der Waals surface area (Å²) in [5.41, 5.74) is 29.5. The Kier molecular flexibility index (Phi) is 14.7. The number of nitrogens with one attached hydrogen (secondary N) is 3. The number of rotatable bonds is 10. The number of benzene rings is 15. The van der Waals surface area contributed by atoms with Crippen molar-refractivity contribution in [1.29, 1.82) is 0 Å². The van der Waals surface area contributed by atoms with Crippen molar-refractivity contribution in [2.75, 3.05) is 16.0 Å². The van der Waals surface area contributed by atoms with E-state index in [-0.39, 0.29) is 10.8 Å². The van der Waals surface area contributed by atoms with Crippen LogP contribution in [0.4, 0.5) is 34.1 Å². The molecule has 0 saturated carbocycles. The average Bonchev–Trinajstić information content (AvgIpc) is 1.52. The first-order valence-electron chi connectivity index (χ1n) is 32.1. The molecule has 3 N–H and O–H groups in total. The Morgan fingerprint density at radius 2 is 0.495 bits per heavy atom. The molecule has 0 heterocycles. The SMILES string of the molecule is c1ccc(-c2ccc(Nc3ccc4c(c3)C3(c5ccccc5-c5ccccc53)c3ccccc3-4)cc2)cc1.c1ccc(-c2ccc(Nc3cccc4ccccc34)cc2)cc1.c1ccc(Nc2ccc3c(c2)C(c2ccccc2)(c2ccccc2)c2ccccc2-3)cc1. The molecule has 440 valence electrons. The van der Waals surface area contributed by atoms with Gasteiger partial charge in [0.2, 0.25) is 0 Å². The van der Waals surface area contributed by atoms with Gasteiger partial charge in [-0.05, 0) is 172 Å². The molecule has 3 nitrogen and oxygen atoms in total. The highest BCUT2D eigenvalue weighted by Crippen LogP contribution is 2.63. The Balaban J connectivity index is 0.000000114. The lowest BCUT2D eigenvalue weighted by Crippen LogP contribution is -2.28. The molecule has 0 unspecified atom stereocenters. The minimum Gasteiger partial charge on any atom is -0.356 e. The third kappa shape index (κ3) is 10.1. The van der Waals surface area contributed by atoms with Gasteiger partial charge in [-0.3, -0.25) is 0 Å². The zero-order valence-electron chi connectivity index (χ0n) is 51.3. The van der Waals surface area contributed by atoms with E-state index in [2.05, 4.69) is 380 Å². The van der Waals surface area contributed by atoms with Gasteiger partial charge in [-0.25, -0.2) is 0 Å². The summed E-state index contributed by atoms with van der Waals surface area (Å²) in [5, 5.41) is 13.3. The maximum atomic E-state index is 3.69. The van der Waals surface area contributed by atoms with E-state index in [9.17, 15) is 0 Å². The molecule has 0 bridgehead atoms. The van der Waals surface area contributed by atoms with Crippen molar-refractivity contribution in [3.05, 3.63) is 421 Å². The molecule has 0 fully saturated rings. The molecule has 0 aliphatic heterocycles. The topological polar surface area (TPSA) is 36.1 Å². The lowest BCUT2D eigenvalue weighted by atomic mass is 9.67. The van der Waals surface area contributed by atoms with Crippen LogP contribution in [-0.2, 0) is 10.8 Å². The molecule has 0 amide bonds. The van der Waals surface area contributed by atoms with Crippen molar-refractivity contribution < 1.29 is 0 Å². The predicted octanol–water partition coefficient (Wildman–Crippen LogP) is 23.5. The fourth-order valence-corrected chi connectivity index (χ4v) is 14.8. The van der Waals surface area contributed by atoms with Gasteiger partial charge < -0.3 is 16.0 Å². The van der Waals surface area contributed by atoms with E-state index >= 15 is 0 Å². The summed E-state index contributed by atoms with van der Waals surface area (Å²) in [7, 11) is 0. The van der Waals surface area contributed by atoms with E-state index in [0.29, 0.717) is 0 Å². The number of hydrogen-bond acceptors (Lipinski definition) is 3. The maximum Gasteiger partial charge on any atom is 0.0726 e. The van der Waals surface area contributed by atoms with Crippen molar-refractivity contribution in [2.24, 2.45) is 0 Å². The van der Waals surface area contributed by atoms with Crippen LogP contribution in [0, 0.1) is 0 Å². The van der Waals surface area contributed by atoms with Crippen molar-refractivity contribution in [2.45, 2.75) is 10.8 Å². The van der Waals surface area contributed by atoms with E-state index < -0.39 is 0 Å². The van der Waals surface area contributed by atoms with Crippen molar-refractivity contribution >= 4 is 44.9 Å². The summed E-state index contributed by atoms with van der Waals surface area (Å²) in [4.78, 5) is 0. The summed E-state index contributed by atoms with van der Waals surface area (Å²) >= 11 is 0. The quantitative estimate of drug-likeness (QED) is 0.128.